The van der Waals surface area contributed by atoms with Crippen LogP contribution in [0.1, 0.15) is 38.5 Å². The summed E-state index contributed by atoms with van der Waals surface area (Å²) in [4.78, 5) is 0. The van der Waals surface area contributed by atoms with E-state index in [1.807, 2.05) is 0 Å². The predicted molar refractivity (Wildman–Crippen MR) is 46.7 cm³/mol. The van der Waals surface area contributed by atoms with Crippen molar-refractivity contribution < 1.29 is 10.2 Å². The average molecular weight is 170 g/mol. The average Bonchev–Trinajstić information content (AvgIpc) is 2.07. The van der Waals surface area contributed by atoms with Crippen LogP contribution in [-0.4, -0.2) is 22.4 Å². The van der Waals surface area contributed by atoms with Gasteiger partial charge in [0.2, 0.25) is 0 Å². The van der Waals surface area contributed by atoms with Crippen molar-refractivity contribution in [2.45, 2.75) is 50.7 Å². The van der Waals surface area contributed by atoms with Crippen LogP contribution in [0.5, 0.6) is 0 Å². The standard InChI is InChI=1S/C10H18O2/c11-8-5-4-7-2-1-3-10(12)9(7)6-8/h7-12H,1-6H2/t7-,8+,9-,10+/m0/s1. The first-order chi connectivity index (χ1) is 5.77. The van der Waals surface area contributed by atoms with Crippen LogP contribution in [0, 0.1) is 11.8 Å². The third-order valence-electron chi connectivity index (χ3n) is 3.59. The Morgan fingerprint density at radius 2 is 1.75 bits per heavy atom. The molecule has 4 atom stereocenters. The van der Waals surface area contributed by atoms with E-state index in [0.717, 1.165) is 25.7 Å². The fourth-order valence-corrected chi connectivity index (χ4v) is 2.88. The summed E-state index contributed by atoms with van der Waals surface area (Å²) in [6.45, 7) is 0. The first-order valence-electron chi connectivity index (χ1n) is 5.13. The summed E-state index contributed by atoms with van der Waals surface area (Å²) in [6.07, 6.45) is 6.06. The Morgan fingerprint density at radius 3 is 2.58 bits per heavy atom. The molecule has 0 aromatic carbocycles. The Hall–Kier alpha value is -0.0800. The molecule has 0 saturated heterocycles. The van der Waals surface area contributed by atoms with Crippen LogP contribution in [0.25, 0.3) is 0 Å². The molecule has 70 valence electrons. The van der Waals surface area contributed by atoms with Crippen LogP contribution in [0.15, 0.2) is 0 Å². The topological polar surface area (TPSA) is 40.5 Å². The Morgan fingerprint density at radius 1 is 0.917 bits per heavy atom. The summed E-state index contributed by atoms with van der Waals surface area (Å²) in [7, 11) is 0. The lowest BCUT2D eigenvalue weighted by Gasteiger charge is -2.40. The summed E-state index contributed by atoms with van der Waals surface area (Å²) >= 11 is 0. The Balaban J connectivity index is 2.00. The second-order valence-corrected chi connectivity index (χ2v) is 4.39. The highest BCUT2D eigenvalue weighted by Gasteiger charge is 2.36. The minimum Gasteiger partial charge on any atom is -0.393 e. The summed E-state index contributed by atoms with van der Waals surface area (Å²) in [5, 5.41) is 19.2. The van der Waals surface area contributed by atoms with Crippen LogP contribution in [0.3, 0.4) is 0 Å². The Bertz CT molecular complexity index is 158. The van der Waals surface area contributed by atoms with Gasteiger partial charge in [-0.3, -0.25) is 0 Å². The van der Waals surface area contributed by atoms with Crippen molar-refractivity contribution >= 4 is 0 Å². The van der Waals surface area contributed by atoms with Gasteiger partial charge in [0.1, 0.15) is 0 Å². The molecule has 0 aromatic rings. The van der Waals surface area contributed by atoms with E-state index in [1.165, 1.54) is 12.8 Å². The maximum absolute atomic E-state index is 9.71. The van der Waals surface area contributed by atoms with Crippen molar-refractivity contribution in [3.63, 3.8) is 0 Å². The number of fused-ring (bicyclic) bond motifs is 1. The number of aliphatic hydroxyl groups is 2. The quantitative estimate of drug-likeness (QED) is 0.575. The van der Waals surface area contributed by atoms with Crippen LogP contribution < -0.4 is 0 Å². The molecule has 2 nitrogen and oxygen atoms in total. The predicted octanol–water partition coefficient (Wildman–Crippen LogP) is 1.31. The largest absolute Gasteiger partial charge is 0.393 e. The Labute approximate surface area is 73.6 Å². The van der Waals surface area contributed by atoms with Gasteiger partial charge in [0, 0.05) is 0 Å². The molecule has 2 heteroatoms. The van der Waals surface area contributed by atoms with Gasteiger partial charge in [0.05, 0.1) is 12.2 Å². The van der Waals surface area contributed by atoms with Gasteiger partial charge in [0.25, 0.3) is 0 Å². The SMILES string of the molecule is O[C@@H]1CC[C@@H]2CCC[C@@H](O)[C@H]2C1. The highest BCUT2D eigenvalue weighted by atomic mass is 16.3. The van der Waals surface area contributed by atoms with Crippen molar-refractivity contribution in [3.05, 3.63) is 0 Å². The second-order valence-electron chi connectivity index (χ2n) is 4.39. The molecule has 2 aliphatic carbocycles. The molecule has 0 unspecified atom stereocenters. The van der Waals surface area contributed by atoms with Crippen molar-refractivity contribution in [2.75, 3.05) is 0 Å². The molecule has 2 aliphatic rings. The molecule has 0 heterocycles. The van der Waals surface area contributed by atoms with E-state index >= 15 is 0 Å². The molecule has 0 radical (unpaired) electrons. The molecular weight excluding hydrogens is 152 g/mol. The first-order valence-corrected chi connectivity index (χ1v) is 5.13. The fraction of sp³-hybridized carbons (Fsp3) is 1.00. The van der Waals surface area contributed by atoms with E-state index in [9.17, 15) is 10.2 Å². The Kier molecular flexibility index (Phi) is 2.37. The van der Waals surface area contributed by atoms with Crippen molar-refractivity contribution in [1.82, 2.24) is 0 Å². The van der Waals surface area contributed by atoms with Gasteiger partial charge < -0.3 is 10.2 Å². The molecular formula is C10H18O2. The van der Waals surface area contributed by atoms with Crippen molar-refractivity contribution in [3.8, 4) is 0 Å². The van der Waals surface area contributed by atoms with Gasteiger partial charge in [-0.05, 0) is 43.9 Å². The van der Waals surface area contributed by atoms with Gasteiger partial charge in [-0.25, -0.2) is 0 Å². The molecule has 0 amide bonds. The summed E-state index contributed by atoms with van der Waals surface area (Å²) in [6, 6.07) is 0. The van der Waals surface area contributed by atoms with Crippen molar-refractivity contribution in [2.24, 2.45) is 11.8 Å². The van der Waals surface area contributed by atoms with Gasteiger partial charge in [-0.15, -0.1) is 0 Å². The second kappa shape index (κ2) is 3.35. The minimum atomic E-state index is -0.140. The van der Waals surface area contributed by atoms with E-state index in [2.05, 4.69) is 0 Å². The normalized spacial score (nSPS) is 48.5. The van der Waals surface area contributed by atoms with Crippen LogP contribution in [-0.2, 0) is 0 Å². The van der Waals surface area contributed by atoms with E-state index in [-0.39, 0.29) is 12.2 Å². The monoisotopic (exact) mass is 170 g/mol. The zero-order valence-electron chi connectivity index (χ0n) is 7.45. The third kappa shape index (κ3) is 1.50. The summed E-state index contributed by atoms with van der Waals surface area (Å²) in [5.74, 6) is 1.11. The van der Waals surface area contributed by atoms with E-state index in [0.29, 0.717) is 11.8 Å². The number of rotatable bonds is 0. The maximum Gasteiger partial charge on any atom is 0.0572 e. The van der Waals surface area contributed by atoms with Gasteiger partial charge in [0.15, 0.2) is 0 Å². The summed E-state index contributed by atoms with van der Waals surface area (Å²) < 4.78 is 0. The molecule has 0 spiro atoms. The third-order valence-corrected chi connectivity index (χ3v) is 3.59. The van der Waals surface area contributed by atoms with E-state index in [1.54, 1.807) is 0 Å². The van der Waals surface area contributed by atoms with Crippen molar-refractivity contribution in [1.29, 1.82) is 0 Å². The van der Waals surface area contributed by atoms with Crippen LogP contribution in [0.2, 0.25) is 0 Å². The number of aliphatic hydroxyl groups excluding tert-OH is 2. The lowest BCUT2D eigenvalue weighted by molar-refractivity contribution is -0.0301. The van der Waals surface area contributed by atoms with E-state index < -0.39 is 0 Å². The molecule has 0 aromatic heterocycles. The highest BCUT2D eigenvalue weighted by molar-refractivity contribution is 4.87. The molecule has 2 saturated carbocycles. The lowest BCUT2D eigenvalue weighted by Crippen LogP contribution is -2.38. The smallest absolute Gasteiger partial charge is 0.0572 e. The van der Waals surface area contributed by atoms with E-state index in [4.69, 9.17) is 0 Å². The molecule has 0 bridgehead atoms. The first kappa shape index (κ1) is 8.52. The van der Waals surface area contributed by atoms with Crippen LogP contribution >= 0.6 is 0 Å². The number of hydrogen-bond donors (Lipinski definition) is 2. The van der Waals surface area contributed by atoms with Gasteiger partial charge >= 0.3 is 0 Å². The molecule has 2 fully saturated rings. The lowest BCUT2D eigenvalue weighted by atomic mass is 9.69. The van der Waals surface area contributed by atoms with Gasteiger partial charge in [-0.2, -0.15) is 0 Å². The summed E-state index contributed by atoms with van der Waals surface area (Å²) in [5.41, 5.74) is 0. The molecule has 0 aliphatic heterocycles. The highest BCUT2D eigenvalue weighted by Crippen LogP contribution is 2.40. The number of hydrogen-bond acceptors (Lipinski definition) is 2. The molecule has 2 N–H and O–H groups in total. The zero-order chi connectivity index (χ0) is 8.55. The minimum absolute atomic E-state index is 0.126. The van der Waals surface area contributed by atoms with Crippen LogP contribution in [0.4, 0.5) is 0 Å². The molecule has 2 rings (SSSR count). The fourth-order valence-electron chi connectivity index (χ4n) is 2.88. The van der Waals surface area contributed by atoms with Gasteiger partial charge in [-0.1, -0.05) is 6.42 Å². The molecule has 12 heavy (non-hydrogen) atoms. The maximum atomic E-state index is 9.71. The zero-order valence-corrected chi connectivity index (χ0v) is 7.45.